The van der Waals surface area contributed by atoms with Gasteiger partial charge in [0.1, 0.15) is 0 Å². The molecule has 1 aromatic carbocycles. The number of hydrogen-bond donors (Lipinski definition) is 3. The summed E-state index contributed by atoms with van der Waals surface area (Å²) in [7, 11) is 3.23. The average molecular weight is 282 g/mol. The quantitative estimate of drug-likeness (QED) is 0.639. The lowest BCUT2D eigenvalue weighted by Crippen LogP contribution is -2.37. The van der Waals surface area contributed by atoms with Crippen molar-refractivity contribution in [2.24, 2.45) is 5.73 Å². The van der Waals surface area contributed by atoms with Crippen molar-refractivity contribution in [1.82, 2.24) is 5.32 Å². The first-order valence-electron chi connectivity index (χ1n) is 6.99. The second kappa shape index (κ2) is 8.79. The molecule has 0 aliphatic carbocycles. The summed E-state index contributed by atoms with van der Waals surface area (Å²) in [5, 5.41) is 12.5. The number of hydrogen-bond acceptors (Lipinski definition) is 5. The van der Waals surface area contributed by atoms with E-state index in [1.54, 1.807) is 14.2 Å². The van der Waals surface area contributed by atoms with E-state index in [2.05, 4.69) is 12.2 Å². The van der Waals surface area contributed by atoms with Crippen LogP contribution in [0.5, 0.6) is 11.5 Å². The van der Waals surface area contributed by atoms with Gasteiger partial charge in [0, 0.05) is 25.2 Å². The zero-order valence-corrected chi connectivity index (χ0v) is 12.6. The Morgan fingerprint density at radius 3 is 2.45 bits per heavy atom. The number of methoxy groups -OCH3 is 2. The first kappa shape index (κ1) is 16.8. The Kier molecular flexibility index (Phi) is 7.36. The van der Waals surface area contributed by atoms with Crippen molar-refractivity contribution in [2.45, 2.75) is 31.8 Å². The van der Waals surface area contributed by atoms with Crippen LogP contribution in [0.2, 0.25) is 0 Å². The van der Waals surface area contributed by atoms with Gasteiger partial charge in [0.15, 0.2) is 11.5 Å². The van der Waals surface area contributed by atoms with Gasteiger partial charge in [-0.1, -0.05) is 13.0 Å². The Labute approximate surface area is 121 Å². The summed E-state index contributed by atoms with van der Waals surface area (Å²) in [6, 6.07) is 6.09. The molecule has 2 atom stereocenters. The number of aliphatic hydroxyl groups excluding tert-OH is 1. The van der Waals surface area contributed by atoms with E-state index >= 15 is 0 Å². The highest BCUT2D eigenvalue weighted by molar-refractivity contribution is 5.43. The monoisotopic (exact) mass is 282 g/mol. The van der Waals surface area contributed by atoms with Gasteiger partial charge in [0.25, 0.3) is 0 Å². The van der Waals surface area contributed by atoms with E-state index in [1.165, 1.54) is 0 Å². The standard InChI is InChI=1S/C15H26N2O3/c1-4-12(7-8-18)17-13(10-16)11-5-6-14(19-2)15(9-11)20-3/h5-6,9,12-13,17-18H,4,7-8,10,16H2,1-3H3. The Morgan fingerprint density at radius 2 is 1.95 bits per heavy atom. The Bertz CT molecular complexity index is 399. The molecule has 1 aromatic rings. The molecule has 0 spiro atoms. The minimum Gasteiger partial charge on any atom is -0.493 e. The number of nitrogens with one attached hydrogen (secondary N) is 1. The molecule has 0 aromatic heterocycles. The smallest absolute Gasteiger partial charge is 0.161 e. The van der Waals surface area contributed by atoms with Crippen molar-refractivity contribution >= 4 is 0 Å². The first-order chi connectivity index (χ1) is 9.69. The van der Waals surface area contributed by atoms with Gasteiger partial charge < -0.3 is 25.6 Å². The van der Waals surface area contributed by atoms with E-state index in [4.69, 9.17) is 20.3 Å². The van der Waals surface area contributed by atoms with Crippen LogP contribution in [0.3, 0.4) is 0 Å². The Morgan fingerprint density at radius 1 is 1.25 bits per heavy atom. The zero-order chi connectivity index (χ0) is 15.0. The fourth-order valence-corrected chi connectivity index (χ4v) is 2.22. The molecule has 0 heterocycles. The highest BCUT2D eigenvalue weighted by Crippen LogP contribution is 2.30. The van der Waals surface area contributed by atoms with Crippen LogP contribution in [0.4, 0.5) is 0 Å². The van der Waals surface area contributed by atoms with Gasteiger partial charge in [-0.05, 0) is 30.5 Å². The molecule has 0 radical (unpaired) electrons. The lowest BCUT2D eigenvalue weighted by molar-refractivity contribution is 0.255. The largest absolute Gasteiger partial charge is 0.493 e. The molecule has 0 saturated heterocycles. The molecular formula is C15H26N2O3. The molecule has 2 unspecified atom stereocenters. The van der Waals surface area contributed by atoms with Crippen LogP contribution in [-0.4, -0.2) is 38.5 Å². The predicted octanol–water partition coefficient (Wildman–Crippen LogP) is 1.45. The highest BCUT2D eigenvalue weighted by atomic mass is 16.5. The van der Waals surface area contributed by atoms with Gasteiger partial charge in [-0.2, -0.15) is 0 Å². The molecule has 20 heavy (non-hydrogen) atoms. The number of ether oxygens (including phenoxy) is 2. The van der Waals surface area contributed by atoms with Crippen LogP contribution in [0.25, 0.3) is 0 Å². The number of rotatable bonds is 9. The molecule has 5 nitrogen and oxygen atoms in total. The van der Waals surface area contributed by atoms with Crippen LogP contribution in [0.15, 0.2) is 18.2 Å². The van der Waals surface area contributed by atoms with E-state index in [1.807, 2.05) is 18.2 Å². The van der Waals surface area contributed by atoms with E-state index in [9.17, 15) is 0 Å². The molecule has 0 aliphatic heterocycles. The molecule has 114 valence electrons. The van der Waals surface area contributed by atoms with Crippen molar-refractivity contribution in [3.63, 3.8) is 0 Å². The summed E-state index contributed by atoms with van der Waals surface area (Å²) in [4.78, 5) is 0. The summed E-state index contributed by atoms with van der Waals surface area (Å²) in [5.74, 6) is 1.40. The van der Waals surface area contributed by atoms with E-state index in [0.717, 1.165) is 18.4 Å². The number of benzene rings is 1. The third kappa shape index (κ3) is 4.37. The summed E-state index contributed by atoms with van der Waals surface area (Å²) in [5.41, 5.74) is 6.93. The molecule has 0 aliphatic rings. The van der Waals surface area contributed by atoms with Crippen molar-refractivity contribution in [3.8, 4) is 11.5 Å². The lowest BCUT2D eigenvalue weighted by atomic mass is 10.0. The van der Waals surface area contributed by atoms with Crippen LogP contribution < -0.4 is 20.5 Å². The fourth-order valence-electron chi connectivity index (χ4n) is 2.22. The maximum absolute atomic E-state index is 9.07. The van der Waals surface area contributed by atoms with Gasteiger partial charge in [-0.3, -0.25) is 0 Å². The molecular weight excluding hydrogens is 256 g/mol. The lowest BCUT2D eigenvalue weighted by Gasteiger charge is -2.24. The minimum absolute atomic E-state index is 0.0336. The molecule has 0 saturated carbocycles. The summed E-state index contributed by atoms with van der Waals surface area (Å²) < 4.78 is 10.6. The third-order valence-electron chi connectivity index (χ3n) is 3.45. The normalized spacial score (nSPS) is 13.8. The maximum Gasteiger partial charge on any atom is 0.161 e. The van der Waals surface area contributed by atoms with Crippen LogP contribution in [0.1, 0.15) is 31.4 Å². The second-order valence-electron chi connectivity index (χ2n) is 4.69. The Hall–Kier alpha value is -1.30. The van der Waals surface area contributed by atoms with Crippen molar-refractivity contribution in [2.75, 3.05) is 27.4 Å². The van der Waals surface area contributed by atoms with Crippen molar-refractivity contribution < 1.29 is 14.6 Å². The maximum atomic E-state index is 9.07. The summed E-state index contributed by atoms with van der Waals surface area (Å²) >= 11 is 0. The van der Waals surface area contributed by atoms with E-state index in [0.29, 0.717) is 18.0 Å². The topological polar surface area (TPSA) is 76.7 Å². The minimum atomic E-state index is 0.0336. The summed E-state index contributed by atoms with van der Waals surface area (Å²) in [6.07, 6.45) is 1.67. The van der Waals surface area contributed by atoms with Gasteiger partial charge in [-0.25, -0.2) is 0 Å². The highest BCUT2D eigenvalue weighted by Gasteiger charge is 2.16. The van der Waals surface area contributed by atoms with Crippen molar-refractivity contribution in [1.29, 1.82) is 0 Å². The summed E-state index contributed by atoms with van der Waals surface area (Å²) in [6.45, 7) is 2.75. The van der Waals surface area contributed by atoms with Gasteiger partial charge in [-0.15, -0.1) is 0 Å². The van der Waals surface area contributed by atoms with Crippen LogP contribution >= 0.6 is 0 Å². The van der Waals surface area contributed by atoms with Gasteiger partial charge in [0.2, 0.25) is 0 Å². The molecule has 0 fully saturated rings. The SMILES string of the molecule is CCC(CCO)NC(CN)c1ccc(OC)c(OC)c1. The van der Waals surface area contributed by atoms with Gasteiger partial charge in [0.05, 0.1) is 14.2 Å². The molecule has 4 N–H and O–H groups in total. The number of nitrogens with two attached hydrogens (primary N) is 1. The molecule has 5 heteroatoms. The molecule has 1 rings (SSSR count). The fraction of sp³-hybridized carbons (Fsp3) is 0.600. The molecule has 0 bridgehead atoms. The van der Waals surface area contributed by atoms with Gasteiger partial charge >= 0.3 is 0 Å². The second-order valence-corrected chi connectivity index (χ2v) is 4.69. The van der Waals surface area contributed by atoms with Crippen molar-refractivity contribution in [3.05, 3.63) is 23.8 Å². The third-order valence-corrected chi connectivity index (χ3v) is 3.45. The zero-order valence-electron chi connectivity index (χ0n) is 12.6. The Balaban J connectivity index is 2.88. The first-order valence-corrected chi connectivity index (χ1v) is 6.99. The van der Waals surface area contributed by atoms with E-state index < -0.39 is 0 Å². The average Bonchev–Trinajstić information content (AvgIpc) is 2.50. The van der Waals surface area contributed by atoms with Crippen LogP contribution in [0, 0.1) is 0 Å². The number of aliphatic hydroxyl groups is 1. The van der Waals surface area contributed by atoms with Crippen LogP contribution in [-0.2, 0) is 0 Å². The molecule has 0 amide bonds. The predicted molar refractivity (Wildman–Crippen MR) is 80.3 cm³/mol. The van der Waals surface area contributed by atoms with E-state index in [-0.39, 0.29) is 18.7 Å².